The topological polar surface area (TPSA) is 113 Å². The Bertz CT molecular complexity index is 1390. The molecule has 3 aromatic rings. The number of hydrogen-bond acceptors (Lipinski definition) is 6. The van der Waals surface area contributed by atoms with Crippen LogP contribution in [-0.4, -0.2) is 30.3 Å². The molecule has 38 heavy (non-hydrogen) atoms. The number of carbonyl (C=O) groups is 2. The molecule has 8 nitrogen and oxygen atoms in total. The summed E-state index contributed by atoms with van der Waals surface area (Å²) in [6, 6.07) is 4.94. The molecule has 0 saturated heterocycles. The molecule has 2 aromatic carbocycles. The average molecular weight is 547 g/mol. The predicted octanol–water partition coefficient (Wildman–Crippen LogP) is 5.60. The van der Waals surface area contributed by atoms with Crippen LogP contribution in [0.1, 0.15) is 32.0 Å². The minimum Gasteiger partial charge on any atom is -0.493 e. The first-order valence-corrected chi connectivity index (χ1v) is 10.2. The van der Waals surface area contributed by atoms with Crippen LogP contribution in [0.3, 0.4) is 0 Å². The van der Waals surface area contributed by atoms with Crippen LogP contribution in [0.5, 0.6) is 23.0 Å². The fraction of sp³-hybridized carbons (Fsp3) is 0.174. The first-order valence-electron chi connectivity index (χ1n) is 10.2. The minimum atomic E-state index is -5.06. The number of nitrogens with one attached hydrogen (secondary N) is 1. The quantitative estimate of drug-likeness (QED) is 0.373. The lowest BCUT2D eigenvalue weighted by molar-refractivity contribution is -0.274. The number of aromatic nitrogens is 1. The van der Waals surface area contributed by atoms with Crippen LogP contribution in [0.2, 0.25) is 0 Å². The first-order chi connectivity index (χ1) is 17.6. The second-order valence-electron chi connectivity index (χ2n) is 7.44. The molecule has 0 aliphatic carbocycles. The number of nitrogens with two attached hydrogens (primary N) is 1. The Morgan fingerprint density at radius 3 is 2.24 bits per heavy atom. The summed E-state index contributed by atoms with van der Waals surface area (Å²) in [4.78, 5) is 28.0. The van der Waals surface area contributed by atoms with Crippen molar-refractivity contribution >= 4 is 17.5 Å². The van der Waals surface area contributed by atoms with Gasteiger partial charge in [0.2, 0.25) is 0 Å². The number of methoxy groups -OCH3 is 1. The molecular weight excluding hydrogens is 531 g/mol. The standard InChI is InChI=1S/C23H16F7N3O5/c1-10-13(22(25,26)27)9-17(37-15-4-3-12(8-16(15)36-2)38-23(28,29)30)18(19(10)24)21(35)33-11-5-6-32-14(7-11)20(31)34/h3-9H,1-2H3,(H2,31,34)(H,32,33,35). The lowest BCUT2D eigenvalue weighted by Crippen LogP contribution is -2.19. The van der Waals surface area contributed by atoms with E-state index >= 15 is 4.39 Å². The molecule has 15 heteroatoms. The van der Waals surface area contributed by atoms with E-state index in [1.807, 2.05) is 0 Å². The Morgan fingerprint density at radius 2 is 1.66 bits per heavy atom. The van der Waals surface area contributed by atoms with E-state index in [4.69, 9.17) is 15.2 Å². The average Bonchev–Trinajstić information content (AvgIpc) is 2.80. The molecule has 0 saturated carbocycles. The fourth-order valence-electron chi connectivity index (χ4n) is 3.20. The van der Waals surface area contributed by atoms with Crippen molar-refractivity contribution in [3.8, 4) is 23.0 Å². The van der Waals surface area contributed by atoms with E-state index in [0.717, 1.165) is 44.5 Å². The van der Waals surface area contributed by atoms with Gasteiger partial charge in [-0.05, 0) is 42.8 Å². The Kier molecular flexibility index (Phi) is 7.69. The Hall–Kier alpha value is -4.56. The third-order valence-corrected chi connectivity index (χ3v) is 4.87. The van der Waals surface area contributed by atoms with Crippen molar-refractivity contribution in [2.75, 3.05) is 12.4 Å². The Morgan fingerprint density at radius 1 is 0.974 bits per heavy atom. The number of anilines is 1. The van der Waals surface area contributed by atoms with Gasteiger partial charge in [0.25, 0.3) is 11.8 Å². The number of alkyl halides is 6. The van der Waals surface area contributed by atoms with Crippen LogP contribution in [0, 0.1) is 12.7 Å². The smallest absolute Gasteiger partial charge is 0.493 e. The van der Waals surface area contributed by atoms with Gasteiger partial charge in [0.1, 0.15) is 28.6 Å². The maximum absolute atomic E-state index is 15.2. The first kappa shape index (κ1) is 28.0. The lowest BCUT2D eigenvalue weighted by atomic mass is 10.0. The van der Waals surface area contributed by atoms with Gasteiger partial charge in [0, 0.05) is 18.0 Å². The monoisotopic (exact) mass is 547 g/mol. The van der Waals surface area contributed by atoms with Gasteiger partial charge < -0.3 is 25.3 Å². The highest BCUT2D eigenvalue weighted by Crippen LogP contribution is 2.42. The summed E-state index contributed by atoms with van der Waals surface area (Å²) in [6.45, 7) is 0.792. The van der Waals surface area contributed by atoms with Crippen molar-refractivity contribution in [1.29, 1.82) is 0 Å². The van der Waals surface area contributed by atoms with Crippen LogP contribution in [-0.2, 0) is 6.18 Å². The molecule has 3 rings (SSSR count). The largest absolute Gasteiger partial charge is 0.573 e. The number of halogens is 7. The zero-order valence-electron chi connectivity index (χ0n) is 19.3. The molecule has 0 bridgehead atoms. The molecule has 0 aliphatic heterocycles. The molecule has 0 atom stereocenters. The van der Waals surface area contributed by atoms with Gasteiger partial charge in [-0.3, -0.25) is 14.6 Å². The van der Waals surface area contributed by atoms with Gasteiger partial charge in [0.15, 0.2) is 11.5 Å². The molecule has 1 heterocycles. The highest BCUT2D eigenvalue weighted by Gasteiger charge is 2.37. The van der Waals surface area contributed by atoms with Crippen molar-refractivity contribution in [3.05, 3.63) is 70.8 Å². The van der Waals surface area contributed by atoms with Gasteiger partial charge in [-0.15, -0.1) is 13.2 Å². The Balaban J connectivity index is 2.11. The van der Waals surface area contributed by atoms with Crippen LogP contribution >= 0.6 is 0 Å². The Labute approximate surface area is 209 Å². The number of amides is 2. The third-order valence-electron chi connectivity index (χ3n) is 4.87. The van der Waals surface area contributed by atoms with Crippen molar-refractivity contribution in [1.82, 2.24) is 4.98 Å². The second-order valence-corrected chi connectivity index (χ2v) is 7.44. The predicted molar refractivity (Wildman–Crippen MR) is 117 cm³/mol. The number of nitrogens with zero attached hydrogens (tertiary/aromatic N) is 1. The number of benzene rings is 2. The van der Waals surface area contributed by atoms with Crippen LogP contribution < -0.4 is 25.3 Å². The van der Waals surface area contributed by atoms with Crippen LogP contribution in [0.25, 0.3) is 0 Å². The van der Waals surface area contributed by atoms with Gasteiger partial charge >= 0.3 is 12.5 Å². The molecule has 0 spiro atoms. The lowest BCUT2D eigenvalue weighted by Gasteiger charge is -2.19. The molecular formula is C23H16F7N3O5. The minimum absolute atomic E-state index is 0.104. The molecule has 3 N–H and O–H groups in total. The van der Waals surface area contributed by atoms with Crippen LogP contribution in [0.15, 0.2) is 42.6 Å². The van der Waals surface area contributed by atoms with E-state index in [1.165, 1.54) is 6.07 Å². The molecule has 2 amide bonds. The molecule has 0 radical (unpaired) electrons. The van der Waals surface area contributed by atoms with Gasteiger partial charge in [0.05, 0.1) is 12.7 Å². The zero-order valence-corrected chi connectivity index (χ0v) is 19.3. The van der Waals surface area contributed by atoms with Gasteiger partial charge in [-0.2, -0.15) is 13.2 Å². The zero-order chi connectivity index (χ0) is 28.4. The van der Waals surface area contributed by atoms with Crippen molar-refractivity contribution in [2.45, 2.75) is 19.5 Å². The number of carbonyl (C=O) groups excluding carboxylic acids is 2. The summed E-state index contributed by atoms with van der Waals surface area (Å²) in [5, 5.41) is 2.21. The van der Waals surface area contributed by atoms with E-state index in [0.29, 0.717) is 6.07 Å². The highest BCUT2D eigenvalue weighted by molar-refractivity contribution is 6.07. The maximum atomic E-state index is 15.2. The van der Waals surface area contributed by atoms with E-state index < -0.39 is 69.9 Å². The van der Waals surface area contributed by atoms with Gasteiger partial charge in [-0.25, -0.2) is 4.39 Å². The van der Waals surface area contributed by atoms with Gasteiger partial charge in [-0.1, -0.05) is 0 Å². The molecule has 202 valence electrons. The summed E-state index contributed by atoms with van der Waals surface area (Å²) in [5.41, 5.74) is 1.37. The molecule has 0 fully saturated rings. The van der Waals surface area contributed by atoms with Crippen molar-refractivity contribution in [2.24, 2.45) is 5.73 Å². The molecule has 0 aliphatic rings. The number of hydrogen-bond donors (Lipinski definition) is 2. The number of rotatable bonds is 7. The summed E-state index contributed by atoms with van der Waals surface area (Å²) in [6.07, 6.45) is -9.02. The van der Waals surface area contributed by atoms with E-state index in [9.17, 15) is 35.9 Å². The summed E-state index contributed by atoms with van der Waals surface area (Å²) >= 11 is 0. The number of ether oxygens (including phenoxy) is 3. The third kappa shape index (κ3) is 6.41. The SMILES string of the molecule is COc1cc(OC(F)(F)F)ccc1Oc1cc(C(F)(F)F)c(C)c(F)c1C(=O)Nc1ccnc(C(N)=O)c1. The summed E-state index contributed by atoms with van der Waals surface area (Å²) < 4.78 is 108. The normalized spacial score (nSPS) is 11.6. The van der Waals surface area contributed by atoms with E-state index in [-0.39, 0.29) is 11.4 Å². The van der Waals surface area contributed by atoms with Crippen molar-refractivity contribution < 1.29 is 54.5 Å². The second kappa shape index (κ2) is 10.4. The molecule has 1 aromatic heterocycles. The summed E-state index contributed by atoms with van der Waals surface area (Å²) in [5.74, 6) is -6.41. The maximum Gasteiger partial charge on any atom is 0.573 e. The number of pyridine rings is 1. The number of primary amides is 1. The van der Waals surface area contributed by atoms with Crippen molar-refractivity contribution in [3.63, 3.8) is 0 Å². The van der Waals surface area contributed by atoms with E-state index in [1.54, 1.807) is 0 Å². The van der Waals surface area contributed by atoms with E-state index in [2.05, 4.69) is 15.0 Å². The highest BCUT2D eigenvalue weighted by atomic mass is 19.4. The molecule has 0 unspecified atom stereocenters. The fourth-order valence-corrected chi connectivity index (χ4v) is 3.20. The summed E-state index contributed by atoms with van der Waals surface area (Å²) in [7, 11) is 1.02. The van der Waals surface area contributed by atoms with Crippen LogP contribution in [0.4, 0.5) is 36.4 Å².